The van der Waals surface area contributed by atoms with Crippen molar-refractivity contribution in [3.8, 4) is 11.5 Å². The van der Waals surface area contributed by atoms with Crippen molar-refractivity contribution in [2.45, 2.75) is 46.1 Å². The van der Waals surface area contributed by atoms with Gasteiger partial charge in [-0.3, -0.25) is 0 Å². The van der Waals surface area contributed by atoms with Crippen LogP contribution in [0, 0.1) is 19.8 Å². The number of urea groups is 1. The second-order valence-electron chi connectivity index (χ2n) is 9.04. The first kappa shape index (κ1) is 22.7. The number of hydrogen-bond donors (Lipinski definition) is 0. The third kappa shape index (κ3) is 3.72. The molecule has 176 valence electrons. The van der Waals surface area contributed by atoms with E-state index in [2.05, 4.69) is 32.0 Å². The zero-order valence-electron chi connectivity index (χ0n) is 20.0. The van der Waals surface area contributed by atoms with E-state index in [-0.39, 0.29) is 11.9 Å². The smallest absolute Gasteiger partial charge is 0.497 e. The van der Waals surface area contributed by atoms with Crippen LogP contribution >= 0.6 is 11.8 Å². The number of methoxy groups -OCH3 is 2. The highest BCUT2D eigenvalue weighted by Gasteiger charge is 2.55. The molecule has 0 bridgehead atoms. The summed E-state index contributed by atoms with van der Waals surface area (Å²) in [5, 5.41) is 0.853. The number of allylic oxidation sites excluding steroid dienone is 1. The molecule has 2 aromatic carbocycles. The average Bonchev–Trinajstić information content (AvgIpc) is 3.23. The minimum Gasteiger partial charge on any atom is -0.497 e. The number of carbonyl (C=O) groups excluding carboxylic acids is 2. The number of amides is 3. The maximum Gasteiger partial charge on any atom is 0.507 e. The zero-order valence-corrected chi connectivity index (χ0v) is 20.8. The second kappa shape index (κ2) is 8.95. The number of nitrogens with zero attached hydrogens (tertiary/aromatic N) is 2. The van der Waals surface area contributed by atoms with Gasteiger partial charge in [-0.15, -0.1) is 4.90 Å². The Morgan fingerprint density at radius 3 is 2.59 bits per heavy atom. The van der Waals surface area contributed by atoms with Crippen LogP contribution in [0.5, 0.6) is 11.5 Å². The van der Waals surface area contributed by atoms with Gasteiger partial charge in [0.15, 0.2) is 22.4 Å². The van der Waals surface area contributed by atoms with Crippen LogP contribution in [0.2, 0.25) is 0 Å². The zero-order chi connectivity index (χ0) is 24.0. The molecule has 3 aliphatic rings. The van der Waals surface area contributed by atoms with E-state index >= 15 is 0 Å². The lowest BCUT2D eigenvalue weighted by Gasteiger charge is -2.27. The number of carbonyl (C=O) groups is 2. The van der Waals surface area contributed by atoms with Gasteiger partial charge in [0.2, 0.25) is 0 Å². The highest BCUT2D eigenvalue weighted by atomic mass is 32.2. The van der Waals surface area contributed by atoms with Crippen LogP contribution in [0.3, 0.4) is 0 Å². The summed E-state index contributed by atoms with van der Waals surface area (Å²) in [6, 6.07) is 11.1. The number of fused-ring (bicyclic) bond motifs is 2. The van der Waals surface area contributed by atoms with Crippen LogP contribution in [0.25, 0.3) is 0 Å². The van der Waals surface area contributed by atoms with Crippen molar-refractivity contribution in [1.82, 2.24) is 0 Å². The monoisotopic (exact) mass is 477 g/mol. The summed E-state index contributed by atoms with van der Waals surface area (Å²) in [6.07, 6.45) is 4.08. The molecule has 0 radical (unpaired) electrons. The molecule has 5 rings (SSSR count). The molecule has 3 amide bonds. The molecule has 0 saturated carbocycles. The predicted molar refractivity (Wildman–Crippen MR) is 134 cm³/mol. The predicted octanol–water partition coefficient (Wildman–Crippen LogP) is 5.59. The summed E-state index contributed by atoms with van der Waals surface area (Å²) in [5.74, 6) is 0.431. The first-order valence-corrected chi connectivity index (χ1v) is 12.4. The lowest BCUT2D eigenvalue weighted by molar-refractivity contribution is -0.443. The Labute approximate surface area is 204 Å². The van der Waals surface area contributed by atoms with Gasteiger partial charge in [-0.2, -0.15) is 9.37 Å². The minimum absolute atomic E-state index is 0.194. The van der Waals surface area contributed by atoms with Crippen LogP contribution in [0.15, 0.2) is 46.9 Å². The van der Waals surface area contributed by atoms with Gasteiger partial charge in [-0.25, -0.2) is 4.79 Å². The van der Waals surface area contributed by atoms with Crippen LogP contribution < -0.4 is 14.4 Å². The third-order valence-electron chi connectivity index (χ3n) is 6.90. The Morgan fingerprint density at radius 1 is 1.03 bits per heavy atom. The molecule has 7 heteroatoms. The molecule has 1 aliphatic carbocycles. The van der Waals surface area contributed by atoms with E-state index in [0.717, 1.165) is 47.4 Å². The van der Waals surface area contributed by atoms with Crippen molar-refractivity contribution in [3.05, 3.63) is 63.6 Å². The second-order valence-corrected chi connectivity index (χ2v) is 10.2. The molecule has 1 atom stereocenters. The van der Waals surface area contributed by atoms with E-state index in [1.807, 2.05) is 0 Å². The molecule has 2 heterocycles. The van der Waals surface area contributed by atoms with E-state index in [1.54, 1.807) is 41.6 Å². The van der Waals surface area contributed by atoms with Crippen molar-refractivity contribution in [3.63, 3.8) is 0 Å². The number of imide groups is 1. The largest absolute Gasteiger partial charge is 0.507 e. The van der Waals surface area contributed by atoms with Crippen molar-refractivity contribution >= 4 is 34.4 Å². The quantitative estimate of drug-likeness (QED) is 0.526. The van der Waals surface area contributed by atoms with Gasteiger partial charge in [-0.1, -0.05) is 35.5 Å². The molecule has 6 nitrogen and oxygen atoms in total. The Balaban J connectivity index is 1.66. The highest BCUT2D eigenvalue weighted by Crippen LogP contribution is 2.49. The number of anilines is 1. The maximum absolute atomic E-state index is 14.0. The Kier molecular flexibility index (Phi) is 5.98. The third-order valence-corrected chi connectivity index (χ3v) is 8.28. The van der Waals surface area contributed by atoms with Crippen LogP contribution in [-0.4, -0.2) is 35.8 Å². The lowest BCUT2D eigenvalue weighted by atomic mass is 9.88. The average molecular weight is 478 g/mol. The summed E-state index contributed by atoms with van der Waals surface area (Å²) >= 11 is 1.64. The molecule has 0 aromatic heterocycles. The van der Waals surface area contributed by atoms with Gasteiger partial charge < -0.3 is 9.47 Å². The molecular weight excluding hydrogens is 448 g/mol. The molecule has 0 N–H and O–H groups in total. The van der Waals surface area contributed by atoms with Crippen molar-refractivity contribution in [2.75, 3.05) is 19.1 Å². The number of hydrogen-bond acceptors (Lipinski definition) is 5. The van der Waals surface area contributed by atoms with Gasteiger partial charge in [0.05, 0.1) is 14.2 Å². The van der Waals surface area contributed by atoms with E-state index in [4.69, 9.17) is 9.47 Å². The van der Waals surface area contributed by atoms with Gasteiger partial charge in [0.1, 0.15) is 12.3 Å². The number of aryl methyl sites for hydroxylation is 2. The summed E-state index contributed by atoms with van der Waals surface area (Å²) in [6.45, 7) is 4.54. The van der Waals surface area contributed by atoms with Gasteiger partial charge >= 0.3 is 11.9 Å². The van der Waals surface area contributed by atoms with Crippen LogP contribution in [-0.2, 0) is 11.3 Å². The first-order chi connectivity index (χ1) is 16.4. The fraction of sp³-hybridized carbons (Fsp3) is 0.370. The van der Waals surface area contributed by atoms with Gasteiger partial charge in [0, 0.05) is 6.07 Å². The molecule has 2 aromatic rings. The van der Waals surface area contributed by atoms with E-state index in [1.165, 1.54) is 22.5 Å². The Morgan fingerprint density at radius 2 is 1.82 bits per heavy atom. The molecule has 0 saturated heterocycles. The molecule has 34 heavy (non-hydrogen) atoms. The Bertz CT molecular complexity index is 1260. The number of ether oxygens (including phenoxy) is 2. The van der Waals surface area contributed by atoms with Gasteiger partial charge in [0.25, 0.3) is 0 Å². The lowest BCUT2D eigenvalue weighted by Crippen LogP contribution is -2.53. The number of thioether (sulfide) groups is 1. The molecule has 0 spiro atoms. The topological polar surface area (TPSA) is 58.8 Å². The highest BCUT2D eigenvalue weighted by molar-refractivity contribution is 8.17. The van der Waals surface area contributed by atoms with E-state index in [9.17, 15) is 9.59 Å². The van der Waals surface area contributed by atoms with Crippen molar-refractivity contribution in [2.24, 2.45) is 5.92 Å². The van der Waals surface area contributed by atoms with Gasteiger partial charge in [-0.05, 0) is 73.3 Å². The summed E-state index contributed by atoms with van der Waals surface area (Å²) < 4.78 is 12.7. The summed E-state index contributed by atoms with van der Waals surface area (Å²) in [5.41, 5.74) is 4.99. The first-order valence-electron chi connectivity index (χ1n) is 11.6. The fourth-order valence-corrected chi connectivity index (χ4v) is 6.50. The summed E-state index contributed by atoms with van der Waals surface area (Å²) in [4.78, 5) is 30.5. The normalized spacial score (nSPS) is 20.0. The van der Waals surface area contributed by atoms with E-state index in [0.29, 0.717) is 23.7 Å². The molecule has 2 aliphatic heterocycles. The van der Waals surface area contributed by atoms with Crippen molar-refractivity contribution < 1.29 is 23.6 Å². The molecular formula is C27H29N2O4S+. The number of rotatable bonds is 5. The number of benzene rings is 2. The molecule has 1 unspecified atom stereocenters. The van der Waals surface area contributed by atoms with Crippen LogP contribution in [0.1, 0.15) is 42.4 Å². The Hall–Kier alpha value is -3.06. The van der Waals surface area contributed by atoms with E-state index < -0.39 is 5.92 Å². The maximum atomic E-state index is 14.0. The fourth-order valence-electron chi connectivity index (χ4n) is 5.04. The summed E-state index contributed by atoms with van der Waals surface area (Å²) in [7, 11) is 3.11. The van der Waals surface area contributed by atoms with Crippen LogP contribution in [0.4, 0.5) is 10.5 Å². The molecule has 0 fully saturated rings. The standard InChI is InChI=1S/C27H29N2O4S/c1-16-9-10-17(2)18(13-16)15-28-26-24(20-7-5-6-8-23(20)34-26)25(30)29(27(28)31)21-12-11-19(32-3)14-22(21)33-4/h9-14,24H,5-8,15H2,1-4H3/q+1. The SMILES string of the molecule is COc1ccc(N2C(=O)C3C4=C(CCCC4)SC3=[N+](Cc3cc(C)ccc3C)C2=O)c(OC)c1. The van der Waals surface area contributed by atoms with Crippen molar-refractivity contribution in [1.29, 1.82) is 0 Å². The minimum atomic E-state index is -0.407.